The zero-order valence-electron chi connectivity index (χ0n) is 5.83. The topological polar surface area (TPSA) is 35.6 Å². The van der Waals surface area contributed by atoms with Gasteiger partial charge in [-0.2, -0.15) is 10.2 Å². The molecule has 0 saturated heterocycles. The molecule has 0 aliphatic rings. The Morgan fingerprint density at radius 3 is 1.82 bits per heavy atom. The first-order valence-corrected chi connectivity index (χ1v) is 3.28. The van der Waals surface area contributed by atoms with E-state index in [1.54, 1.807) is 29.1 Å². The highest BCUT2D eigenvalue weighted by atomic mass is 15.3. The molecular weight excluding hydrogens is 139 g/mol. The molecule has 0 atom stereocenters. The van der Waals surface area contributed by atoms with Crippen molar-refractivity contribution in [1.29, 1.82) is 0 Å². The molecule has 1 radical (unpaired) electrons. The molecule has 5 heteroatoms. The van der Waals surface area contributed by atoms with Crippen LogP contribution in [0.4, 0.5) is 0 Å². The van der Waals surface area contributed by atoms with Crippen molar-refractivity contribution < 1.29 is 0 Å². The van der Waals surface area contributed by atoms with E-state index in [1.165, 1.54) is 0 Å². The van der Waals surface area contributed by atoms with Gasteiger partial charge in [-0.1, -0.05) is 0 Å². The van der Waals surface area contributed by atoms with Crippen LogP contribution < -0.4 is 0 Å². The molecule has 0 N–H and O–H groups in total. The van der Waals surface area contributed by atoms with E-state index in [1.807, 2.05) is 24.5 Å². The molecule has 0 amide bonds. The summed E-state index contributed by atoms with van der Waals surface area (Å²) >= 11 is 0. The number of hydrogen-bond donors (Lipinski definition) is 0. The van der Waals surface area contributed by atoms with Gasteiger partial charge in [-0.15, -0.1) is 0 Å². The second-order valence-corrected chi connectivity index (χ2v) is 2.09. The predicted octanol–water partition coefficient (Wildman–Crippen LogP) is 0.0102. The fourth-order valence-electron chi connectivity index (χ4n) is 0.819. The summed E-state index contributed by atoms with van der Waals surface area (Å²) < 4.78 is 3.38. The van der Waals surface area contributed by atoms with Gasteiger partial charge in [-0.3, -0.25) is 9.19 Å². The molecule has 0 bridgehead atoms. The first kappa shape index (κ1) is 6.21. The first-order valence-electron chi connectivity index (χ1n) is 3.28. The van der Waals surface area contributed by atoms with Crippen LogP contribution in [-0.2, 0) is 0 Å². The van der Waals surface area contributed by atoms with Gasteiger partial charge in [0.1, 0.15) is 0 Å². The third kappa shape index (κ3) is 1.31. The molecule has 0 aromatic carbocycles. The molecule has 2 aromatic rings. The Kier molecular flexibility index (Phi) is 1.48. The van der Waals surface area contributed by atoms with E-state index in [0.29, 0.717) is 0 Å². The lowest BCUT2D eigenvalue weighted by molar-refractivity contribution is 0.884. The summed E-state index contributed by atoms with van der Waals surface area (Å²) in [4.78, 5) is 0. The maximum absolute atomic E-state index is 3.99. The van der Waals surface area contributed by atoms with Crippen molar-refractivity contribution >= 4 is 7.55 Å². The third-order valence-corrected chi connectivity index (χ3v) is 1.29. The number of rotatable bonds is 2. The van der Waals surface area contributed by atoms with E-state index in [0.717, 1.165) is 0 Å². The fourth-order valence-corrected chi connectivity index (χ4v) is 0.819. The van der Waals surface area contributed by atoms with Gasteiger partial charge in [-0.05, 0) is 12.1 Å². The molecule has 11 heavy (non-hydrogen) atoms. The van der Waals surface area contributed by atoms with Gasteiger partial charge in [0, 0.05) is 24.8 Å². The molecule has 0 fully saturated rings. The molecule has 2 aromatic heterocycles. The average molecular weight is 145 g/mol. The number of nitrogens with zero attached hydrogens (tertiary/aromatic N) is 4. The summed E-state index contributed by atoms with van der Waals surface area (Å²) in [5.41, 5.74) is 0. The second kappa shape index (κ2) is 2.61. The van der Waals surface area contributed by atoms with Gasteiger partial charge < -0.3 is 0 Å². The summed E-state index contributed by atoms with van der Waals surface area (Å²) in [5.74, 6) is 0. The van der Waals surface area contributed by atoms with Crippen LogP contribution in [0.25, 0.3) is 0 Å². The Labute approximate surface area is 64.7 Å². The van der Waals surface area contributed by atoms with Crippen molar-refractivity contribution in [2.75, 3.05) is 0 Å². The van der Waals surface area contributed by atoms with Crippen molar-refractivity contribution in [3.8, 4) is 0 Å². The van der Waals surface area contributed by atoms with E-state index in [2.05, 4.69) is 10.2 Å². The summed E-state index contributed by atoms with van der Waals surface area (Å²) in [6, 6.07) is 3.72. The van der Waals surface area contributed by atoms with E-state index in [-0.39, 0.29) is 0 Å². The highest BCUT2D eigenvalue weighted by Crippen LogP contribution is 1.83. The van der Waals surface area contributed by atoms with Crippen LogP contribution in [0.15, 0.2) is 36.9 Å². The van der Waals surface area contributed by atoms with E-state index < -0.39 is 0 Å². The molecule has 53 valence electrons. The number of hydrogen-bond acceptors (Lipinski definition) is 2. The third-order valence-electron chi connectivity index (χ3n) is 1.29. The van der Waals surface area contributed by atoms with Crippen LogP contribution in [0.5, 0.6) is 0 Å². The largest absolute Gasteiger partial charge is 0.436 e. The normalized spacial score (nSPS) is 9.82. The SMILES string of the molecule is [B](n1cccn1)n1cccn1. The van der Waals surface area contributed by atoms with Crippen LogP contribution in [0.2, 0.25) is 0 Å². The minimum Gasteiger partial charge on any atom is -0.293 e. The average Bonchev–Trinajstić information content (AvgIpc) is 2.60. The monoisotopic (exact) mass is 145 g/mol. The fraction of sp³-hybridized carbons (Fsp3) is 0. The minimum absolute atomic E-state index is 1.69. The standard InChI is InChI=1S/C6H6BN4/c1-3-8-10(5-1)7-11-6-2-4-9-11/h1-6H. The van der Waals surface area contributed by atoms with Crippen LogP contribution in [0.1, 0.15) is 0 Å². The minimum atomic E-state index is 1.69. The lowest BCUT2D eigenvalue weighted by Gasteiger charge is -1.95. The van der Waals surface area contributed by atoms with E-state index in [9.17, 15) is 0 Å². The van der Waals surface area contributed by atoms with Gasteiger partial charge in [0.05, 0.1) is 0 Å². The van der Waals surface area contributed by atoms with E-state index >= 15 is 0 Å². The van der Waals surface area contributed by atoms with Gasteiger partial charge in [-0.25, -0.2) is 0 Å². The molecule has 0 aliphatic carbocycles. The van der Waals surface area contributed by atoms with Crippen molar-refractivity contribution in [3.05, 3.63) is 36.9 Å². The maximum atomic E-state index is 3.99. The zero-order chi connectivity index (χ0) is 7.52. The maximum Gasteiger partial charge on any atom is 0.436 e. The van der Waals surface area contributed by atoms with Gasteiger partial charge in [0.25, 0.3) is 0 Å². The van der Waals surface area contributed by atoms with Crippen molar-refractivity contribution in [1.82, 2.24) is 19.4 Å². The molecule has 0 saturated carbocycles. The van der Waals surface area contributed by atoms with Crippen molar-refractivity contribution in [2.24, 2.45) is 0 Å². The van der Waals surface area contributed by atoms with Crippen molar-refractivity contribution in [2.45, 2.75) is 0 Å². The lowest BCUT2D eigenvalue weighted by Crippen LogP contribution is -2.17. The summed E-state index contributed by atoms with van der Waals surface area (Å²) in [7, 11) is 1.78. The van der Waals surface area contributed by atoms with E-state index in [4.69, 9.17) is 0 Å². The summed E-state index contributed by atoms with van der Waals surface area (Å²) in [6.45, 7) is 0. The van der Waals surface area contributed by atoms with Crippen molar-refractivity contribution in [3.63, 3.8) is 0 Å². The summed E-state index contributed by atoms with van der Waals surface area (Å²) in [5, 5.41) is 7.98. The Hall–Kier alpha value is -1.52. The van der Waals surface area contributed by atoms with Crippen LogP contribution in [-0.4, -0.2) is 26.9 Å². The molecule has 4 nitrogen and oxygen atoms in total. The smallest absolute Gasteiger partial charge is 0.293 e. The van der Waals surface area contributed by atoms with Gasteiger partial charge in [0.15, 0.2) is 0 Å². The number of aromatic nitrogens is 4. The molecule has 0 spiro atoms. The Balaban J connectivity index is 2.14. The van der Waals surface area contributed by atoms with Crippen LogP contribution in [0, 0.1) is 0 Å². The Bertz CT molecular complexity index is 267. The predicted molar refractivity (Wildman–Crippen MR) is 41.0 cm³/mol. The van der Waals surface area contributed by atoms with Gasteiger partial charge in [0.2, 0.25) is 0 Å². The molecule has 2 heterocycles. The second-order valence-electron chi connectivity index (χ2n) is 2.09. The Morgan fingerprint density at radius 1 is 0.909 bits per heavy atom. The van der Waals surface area contributed by atoms with Gasteiger partial charge >= 0.3 is 7.55 Å². The highest BCUT2D eigenvalue weighted by Gasteiger charge is 1.96. The molecule has 0 aliphatic heterocycles. The van der Waals surface area contributed by atoms with Crippen LogP contribution in [0.3, 0.4) is 0 Å². The quantitative estimate of drug-likeness (QED) is 0.558. The highest BCUT2D eigenvalue weighted by molar-refractivity contribution is 6.30. The molecule has 2 rings (SSSR count). The molecular formula is C6H6BN4. The zero-order valence-corrected chi connectivity index (χ0v) is 5.83. The van der Waals surface area contributed by atoms with Crippen LogP contribution >= 0.6 is 0 Å². The Morgan fingerprint density at radius 2 is 1.45 bits per heavy atom. The summed E-state index contributed by atoms with van der Waals surface area (Å²) in [6.07, 6.45) is 7.14. The first-order chi connectivity index (χ1) is 5.45. The molecule has 0 unspecified atom stereocenters. The lowest BCUT2D eigenvalue weighted by atomic mass is 10.2.